The monoisotopic (exact) mass is 235 g/mol. The Hall–Kier alpha value is -0.590. The molecular weight excluding hydrogens is 210 g/mol. The highest BCUT2D eigenvalue weighted by Crippen LogP contribution is 2.32. The van der Waals surface area contributed by atoms with Crippen molar-refractivity contribution in [2.24, 2.45) is 11.8 Å². The van der Waals surface area contributed by atoms with Gasteiger partial charge in [-0.1, -0.05) is 6.92 Å². The molecule has 0 amide bonds. The molecule has 2 rings (SSSR count). The zero-order valence-corrected chi connectivity index (χ0v) is 11.4. The van der Waals surface area contributed by atoms with E-state index in [1.165, 1.54) is 12.8 Å². The quantitative estimate of drug-likeness (QED) is 0.696. The fourth-order valence-corrected chi connectivity index (χ4v) is 3.28. The fraction of sp³-hybridized carbons (Fsp3) is 0.929. The van der Waals surface area contributed by atoms with E-state index in [-0.39, 0.29) is 5.92 Å². The van der Waals surface area contributed by atoms with Crippen molar-refractivity contribution in [2.75, 3.05) is 26.7 Å². The molecule has 0 radical (unpaired) electrons. The summed E-state index contributed by atoms with van der Waals surface area (Å²) in [6.45, 7) is 8.03. The first-order valence-corrected chi connectivity index (χ1v) is 6.95. The molecule has 1 aliphatic carbocycles. The molecule has 2 aliphatic rings. The van der Waals surface area contributed by atoms with Crippen LogP contribution in [-0.4, -0.2) is 48.6 Å². The Balaban J connectivity index is 2.02. The van der Waals surface area contributed by atoms with Gasteiger partial charge in [0.05, 0.1) is 12.0 Å². The molecule has 0 aromatic rings. The number of hydrogen-bond donors (Lipinski definition) is 0. The van der Waals surface area contributed by atoms with Gasteiger partial charge in [0.15, 0.2) is 0 Å². The van der Waals surface area contributed by atoms with E-state index in [4.69, 9.17) is 0 Å². The largest absolute Gasteiger partial charge is 0.301 e. The Morgan fingerprint density at radius 2 is 1.94 bits per heavy atom. The average molecular weight is 235 g/mol. The Bertz CT molecular complexity index is 296. The molecule has 0 aromatic carbocycles. The van der Waals surface area contributed by atoms with Gasteiger partial charge in [-0.3, -0.25) is 4.90 Å². The van der Waals surface area contributed by atoms with Gasteiger partial charge in [-0.25, -0.2) is 0 Å². The lowest BCUT2D eigenvalue weighted by Gasteiger charge is -2.45. The molecule has 0 spiro atoms. The van der Waals surface area contributed by atoms with Crippen LogP contribution in [0.1, 0.15) is 33.1 Å². The summed E-state index contributed by atoms with van der Waals surface area (Å²) in [6.07, 6.45) is 3.55. The van der Waals surface area contributed by atoms with E-state index in [0.29, 0.717) is 12.1 Å². The summed E-state index contributed by atoms with van der Waals surface area (Å²) >= 11 is 0. The van der Waals surface area contributed by atoms with Crippen LogP contribution in [0.2, 0.25) is 0 Å². The minimum absolute atomic E-state index is 0.266. The van der Waals surface area contributed by atoms with Crippen molar-refractivity contribution in [3.8, 4) is 6.07 Å². The highest BCUT2D eigenvalue weighted by atomic mass is 15.3. The summed E-state index contributed by atoms with van der Waals surface area (Å²) in [7, 11) is 2.20. The molecule has 96 valence electrons. The number of likely N-dealkylation sites (N-methyl/N-ethyl adjacent to an activating group) is 1. The molecular formula is C14H25N3. The smallest absolute Gasteiger partial charge is 0.0672 e. The number of piperazine rings is 1. The average Bonchev–Trinajstić information content (AvgIpc) is 2.32. The summed E-state index contributed by atoms with van der Waals surface area (Å²) < 4.78 is 0. The van der Waals surface area contributed by atoms with Gasteiger partial charge in [0.25, 0.3) is 0 Å². The van der Waals surface area contributed by atoms with Gasteiger partial charge in [0.2, 0.25) is 0 Å². The van der Waals surface area contributed by atoms with E-state index in [1.807, 2.05) is 0 Å². The van der Waals surface area contributed by atoms with Crippen LogP contribution >= 0.6 is 0 Å². The minimum Gasteiger partial charge on any atom is -0.301 e. The second-order valence-electron chi connectivity index (χ2n) is 6.05. The van der Waals surface area contributed by atoms with E-state index < -0.39 is 0 Å². The first-order valence-electron chi connectivity index (χ1n) is 6.95. The van der Waals surface area contributed by atoms with E-state index in [2.05, 4.69) is 36.8 Å². The summed E-state index contributed by atoms with van der Waals surface area (Å²) in [5, 5.41) is 9.31. The van der Waals surface area contributed by atoms with Crippen molar-refractivity contribution in [3.63, 3.8) is 0 Å². The number of nitrogens with zero attached hydrogens (tertiary/aromatic N) is 3. The maximum Gasteiger partial charge on any atom is 0.0672 e. The van der Waals surface area contributed by atoms with E-state index >= 15 is 0 Å². The lowest BCUT2D eigenvalue weighted by atomic mass is 9.78. The van der Waals surface area contributed by atoms with Gasteiger partial charge < -0.3 is 4.90 Å². The molecule has 2 fully saturated rings. The molecule has 17 heavy (non-hydrogen) atoms. The Morgan fingerprint density at radius 3 is 2.59 bits per heavy atom. The molecule has 4 atom stereocenters. The second kappa shape index (κ2) is 5.37. The van der Waals surface area contributed by atoms with Crippen LogP contribution in [0.3, 0.4) is 0 Å². The van der Waals surface area contributed by atoms with Gasteiger partial charge in [-0.05, 0) is 39.2 Å². The van der Waals surface area contributed by atoms with Crippen molar-refractivity contribution in [3.05, 3.63) is 0 Å². The molecule has 0 bridgehead atoms. The van der Waals surface area contributed by atoms with Gasteiger partial charge in [-0.15, -0.1) is 0 Å². The van der Waals surface area contributed by atoms with Gasteiger partial charge in [0.1, 0.15) is 0 Å². The second-order valence-corrected chi connectivity index (χ2v) is 6.05. The van der Waals surface area contributed by atoms with E-state index in [9.17, 15) is 5.26 Å². The first-order chi connectivity index (χ1) is 8.11. The van der Waals surface area contributed by atoms with Crippen molar-refractivity contribution in [1.82, 2.24) is 9.80 Å². The summed E-state index contributed by atoms with van der Waals surface area (Å²) in [6, 6.07) is 3.68. The normalized spacial score (nSPS) is 41.1. The molecule has 0 N–H and O–H groups in total. The van der Waals surface area contributed by atoms with Gasteiger partial charge in [0, 0.05) is 31.7 Å². The first kappa shape index (κ1) is 12.9. The third-order valence-corrected chi connectivity index (χ3v) is 4.70. The summed E-state index contributed by atoms with van der Waals surface area (Å²) in [5.41, 5.74) is 0. The molecule has 1 aliphatic heterocycles. The van der Waals surface area contributed by atoms with Crippen LogP contribution in [0.4, 0.5) is 0 Å². The maximum atomic E-state index is 9.31. The summed E-state index contributed by atoms with van der Waals surface area (Å²) in [5.74, 6) is 1.06. The SMILES string of the molecule is CC1CCC(C#N)C(N2CCN(C)C(C)C2)C1. The van der Waals surface area contributed by atoms with Gasteiger partial charge in [-0.2, -0.15) is 5.26 Å². The van der Waals surface area contributed by atoms with Crippen molar-refractivity contribution in [2.45, 2.75) is 45.2 Å². The molecule has 1 saturated carbocycles. The molecule has 3 nitrogen and oxygen atoms in total. The topological polar surface area (TPSA) is 30.3 Å². The number of hydrogen-bond acceptors (Lipinski definition) is 3. The highest BCUT2D eigenvalue weighted by Gasteiger charge is 2.35. The Kier molecular flexibility index (Phi) is 4.06. The molecule has 4 unspecified atom stereocenters. The van der Waals surface area contributed by atoms with Crippen LogP contribution in [0, 0.1) is 23.2 Å². The number of rotatable bonds is 1. The Labute approximate surface area is 105 Å². The predicted molar refractivity (Wildman–Crippen MR) is 69.6 cm³/mol. The third kappa shape index (κ3) is 2.81. The highest BCUT2D eigenvalue weighted by molar-refractivity contribution is 4.98. The van der Waals surface area contributed by atoms with Gasteiger partial charge >= 0.3 is 0 Å². The van der Waals surface area contributed by atoms with Crippen molar-refractivity contribution < 1.29 is 0 Å². The van der Waals surface area contributed by atoms with Crippen molar-refractivity contribution >= 4 is 0 Å². The van der Waals surface area contributed by atoms with E-state index in [0.717, 1.165) is 32.0 Å². The standard InChI is InChI=1S/C14H25N3/c1-11-4-5-13(9-15)14(8-11)17-7-6-16(3)12(2)10-17/h11-14H,4-8,10H2,1-3H3. The lowest BCUT2D eigenvalue weighted by Crippen LogP contribution is -2.56. The third-order valence-electron chi connectivity index (χ3n) is 4.70. The maximum absolute atomic E-state index is 9.31. The molecule has 1 heterocycles. The van der Waals surface area contributed by atoms with Crippen LogP contribution in [0.5, 0.6) is 0 Å². The number of nitriles is 1. The fourth-order valence-electron chi connectivity index (χ4n) is 3.28. The van der Waals surface area contributed by atoms with Crippen LogP contribution in [-0.2, 0) is 0 Å². The predicted octanol–water partition coefficient (Wildman–Crippen LogP) is 1.95. The van der Waals surface area contributed by atoms with Crippen LogP contribution in [0.15, 0.2) is 0 Å². The zero-order chi connectivity index (χ0) is 12.4. The van der Waals surface area contributed by atoms with Crippen molar-refractivity contribution in [1.29, 1.82) is 5.26 Å². The molecule has 3 heteroatoms. The van der Waals surface area contributed by atoms with Crippen LogP contribution < -0.4 is 0 Å². The zero-order valence-electron chi connectivity index (χ0n) is 11.4. The minimum atomic E-state index is 0.266. The van der Waals surface area contributed by atoms with Crippen LogP contribution in [0.25, 0.3) is 0 Å². The van der Waals surface area contributed by atoms with E-state index in [1.54, 1.807) is 0 Å². The molecule has 1 saturated heterocycles. The summed E-state index contributed by atoms with van der Waals surface area (Å²) in [4.78, 5) is 5.00. The Morgan fingerprint density at radius 1 is 1.18 bits per heavy atom. The molecule has 0 aromatic heterocycles. The lowest BCUT2D eigenvalue weighted by molar-refractivity contribution is 0.0343.